The van der Waals surface area contributed by atoms with Crippen molar-refractivity contribution in [1.82, 2.24) is 14.8 Å². The molecule has 21 heavy (non-hydrogen) atoms. The average molecular weight is 287 g/mol. The van der Waals surface area contributed by atoms with E-state index in [0.29, 0.717) is 18.0 Å². The fourth-order valence-corrected chi connectivity index (χ4v) is 1.84. The van der Waals surface area contributed by atoms with Crippen LogP contribution in [0.25, 0.3) is 5.82 Å². The third kappa shape index (κ3) is 2.71. The van der Waals surface area contributed by atoms with Gasteiger partial charge >= 0.3 is 5.97 Å². The van der Waals surface area contributed by atoms with Gasteiger partial charge in [-0.1, -0.05) is 0 Å². The molecule has 0 radical (unpaired) electrons. The number of carbonyl (C=O) groups excluding carboxylic acids is 1. The summed E-state index contributed by atoms with van der Waals surface area (Å²) < 4.78 is 16.9. The summed E-state index contributed by atoms with van der Waals surface area (Å²) in [6.45, 7) is 2.08. The molecule has 0 saturated heterocycles. The third-order valence-electron chi connectivity index (χ3n) is 2.83. The van der Waals surface area contributed by atoms with E-state index in [1.165, 1.54) is 23.4 Å². The van der Waals surface area contributed by atoms with Crippen molar-refractivity contribution in [2.75, 3.05) is 6.61 Å². The van der Waals surface area contributed by atoms with Crippen LogP contribution >= 0.6 is 0 Å². The second-order valence-electron chi connectivity index (χ2n) is 4.22. The van der Waals surface area contributed by atoms with Crippen LogP contribution in [0.1, 0.15) is 29.1 Å². The molecule has 7 heteroatoms. The van der Waals surface area contributed by atoms with Gasteiger partial charge in [0.2, 0.25) is 0 Å². The summed E-state index contributed by atoms with van der Waals surface area (Å²) in [6, 6.07) is 3.59. The first-order valence-corrected chi connectivity index (χ1v) is 6.42. The van der Waals surface area contributed by atoms with E-state index < -0.39 is 12.3 Å². The Balaban J connectivity index is 1.76. The molecule has 0 atom stereocenters. The van der Waals surface area contributed by atoms with Gasteiger partial charge in [0.15, 0.2) is 5.82 Å². The fraction of sp³-hybridized carbons (Fsp3) is 0.214. The molecule has 2 aromatic heterocycles. The number of hydrogen-bond donors (Lipinski definition) is 0. The Hall–Kier alpha value is -2.83. The summed E-state index contributed by atoms with van der Waals surface area (Å²) >= 11 is 0. The van der Waals surface area contributed by atoms with Gasteiger partial charge in [0.05, 0.1) is 23.9 Å². The molecular formula is C14H13N3O4. The van der Waals surface area contributed by atoms with E-state index in [2.05, 4.69) is 10.1 Å². The van der Waals surface area contributed by atoms with Crippen molar-refractivity contribution in [1.29, 1.82) is 0 Å². The predicted molar refractivity (Wildman–Crippen MR) is 71.4 cm³/mol. The number of esters is 1. The van der Waals surface area contributed by atoms with E-state index in [1.54, 1.807) is 25.4 Å². The Bertz CT molecular complexity index is 655. The number of ether oxygens (including phenoxy) is 3. The monoisotopic (exact) mass is 287 g/mol. The van der Waals surface area contributed by atoms with Crippen molar-refractivity contribution < 1.29 is 19.0 Å². The molecule has 0 fully saturated rings. The van der Waals surface area contributed by atoms with E-state index in [9.17, 15) is 4.79 Å². The van der Waals surface area contributed by atoms with Gasteiger partial charge in [-0.25, -0.2) is 14.5 Å². The van der Waals surface area contributed by atoms with Gasteiger partial charge in [-0.2, -0.15) is 5.10 Å². The van der Waals surface area contributed by atoms with Crippen molar-refractivity contribution >= 4 is 5.97 Å². The lowest BCUT2D eigenvalue weighted by Gasteiger charge is -2.10. The number of hydrogen-bond acceptors (Lipinski definition) is 6. The Morgan fingerprint density at radius 1 is 1.33 bits per heavy atom. The molecule has 0 spiro atoms. The molecule has 7 nitrogen and oxygen atoms in total. The van der Waals surface area contributed by atoms with Crippen molar-refractivity contribution in [3.05, 3.63) is 54.4 Å². The highest BCUT2D eigenvalue weighted by Crippen LogP contribution is 2.23. The Kier molecular flexibility index (Phi) is 3.55. The molecule has 0 aromatic carbocycles. The number of pyridine rings is 1. The molecule has 3 rings (SSSR count). The first-order chi connectivity index (χ1) is 10.3. The van der Waals surface area contributed by atoms with Gasteiger partial charge in [-0.15, -0.1) is 0 Å². The zero-order valence-electron chi connectivity index (χ0n) is 11.3. The summed E-state index contributed by atoms with van der Waals surface area (Å²) in [5, 5.41) is 4.10. The maximum absolute atomic E-state index is 11.6. The molecular weight excluding hydrogens is 274 g/mol. The van der Waals surface area contributed by atoms with Crippen LogP contribution in [0, 0.1) is 0 Å². The summed E-state index contributed by atoms with van der Waals surface area (Å²) in [6.07, 6.45) is 7.16. The van der Waals surface area contributed by atoms with E-state index in [1.807, 2.05) is 6.07 Å². The van der Waals surface area contributed by atoms with Crippen LogP contribution in [0.5, 0.6) is 0 Å². The van der Waals surface area contributed by atoms with Crippen LogP contribution < -0.4 is 0 Å². The van der Waals surface area contributed by atoms with Crippen LogP contribution in [0.2, 0.25) is 0 Å². The first kappa shape index (κ1) is 13.2. The third-order valence-corrected chi connectivity index (χ3v) is 2.83. The molecule has 3 heterocycles. The van der Waals surface area contributed by atoms with Gasteiger partial charge < -0.3 is 14.2 Å². The van der Waals surface area contributed by atoms with Crippen LogP contribution in [-0.4, -0.2) is 27.3 Å². The minimum Gasteiger partial charge on any atom is -0.462 e. The highest BCUT2D eigenvalue weighted by atomic mass is 16.7. The molecule has 0 aliphatic carbocycles. The fourth-order valence-electron chi connectivity index (χ4n) is 1.84. The minimum absolute atomic E-state index is 0.326. The average Bonchev–Trinajstić information content (AvgIpc) is 3.19. The summed E-state index contributed by atoms with van der Waals surface area (Å²) in [5.74, 6) is 0.180. The lowest BCUT2D eigenvalue weighted by atomic mass is 10.3. The second-order valence-corrected chi connectivity index (χ2v) is 4.22. The summed E-state index contributed by atoms with van der Waals surface area (Å²) in [5.41, 5.74) is 1.18. The lowest BCUT2D eigenvalue weighted by Crippen LogP contribution is -2.04. The quantitative estimate of drug-likeness (QED) is 0.800. The molecule has 1 aliphatic rings. The van der Waals surface area contributed by atoms with Gasteiger partial charge in [0.1, 0.15) is 12.5 Å². The molecule has 0 amide bonds. The first-order valence-electron chi connectivity index (χ1n) is 6.42. The molecule has 0 unspecified atom stereocenters. The van der Waals surface area contributed by atoms with Crippen LogP contribution in [0.4, 0.5) is 0 Å². The number of carbonyl (C=O) groups is 1. The molecule has 1 aliphatic heterocycles. The number of nitrogens with zero attached hydrogens (tertiary/aromatic N) is 3. The maximum atomic E-state index is 11.6. The van der Waals surface area contributed by atoms with E-state index in [4.69, 9.17) is 14.2 Å². The maximum Gasteiger partial charge on any atom is 0.341 e. The highest BCUT2D eigenvalue weighted by Gasteiger charge is 2.16. The van der Waals surface area contributed by atoms with Crippen LogP contribution in [0.15, 0.2) is 43.2 Å². The smallest absolute Gasteiger partial charge is 0.341 e. The van der Waals surface area contributed by atoms with Gasteiger partial charge in [-0.05, 0) is 19.1 Å². The van der Waals surface area contributed by atoms with Gasteiger partial charge in [-0.3, -0.25) is 0 Å². The largest absolute Gasteiger partial charge is 0.462 e. The van der Waals surface area contributed by atoms with Crippen molar-refractivity contribution in [3.8, 4) is 5.82 Å². The lowest BCUT2D eigenvalue weighted by molar-refractivity contribution is -0.0248. The molecule has 0 bridgehead atoms. The Morgan fingerprint density at radius 3 is 2.81 bits per heavy atom. The standard InChI is InChI=1S/C14H13N3O4/c1-2-19-13(18)11-8-16-17(9-11)12-4-3-10(7-15-12)14-20-5-6-21-14/h3-9,14H,2H2,1H3. The van der Waals surface area contributed by atoms with Crippen molar-refractivity contribution in [2.24, 2.45) is 0 Å². The van der Waals surface area contributed by atoms with E-state index >= 15 is 0 Å². The van der Waals surface area contributed by atoms with Gasteiger partial charge in [0, 0.05) is 12.4 Å². The zero-order valence-corrected chi connectivity index (χ0v) is 11.3. The summed E-state index contributed by atoms with van der Waals surface area (Å²) in [7, 11) is 0. The Morgan fingerprint density at radius 2 is 2.14 bits per heavy atom. The zero-order chi connectivity index (χ0) is 14.7. The second kappa shape index (κ2) is 5.66. The molecule has 2 aromatic rings. The van der Waals surface area contributed by atoms with Crippen molar-refractivity contribution in [3.63, 3.8) is 0 Å². The molecule has 0 saturated carbocycles. The minimum atomic E-state index is -0.459. The molecule has 108 valence electrons. The number of aromatic nitrogens is 3. The molecule has 0 N–H and O–H groups in total. The normalized spacial score (nSPS) is 13.8. The van der Waals surface area contributed by atoms with Crippen LogP contribution in [0.3, 0.4) is 0 Å². The number of rotatable bonds is 4. The van der Waals surface area contributed by atoms with Crippen LogP contribution in [-0.2, 0) is 14.2 Å². The SMILES string of the molecule is CCOC(=O)c1cnn(-c2ccc(C3OC=CO3)cn2)c1. The topological polar surface area (TPSA) is 75.5 Å². The predicted octanol–water partition coefficient (Wildman–Crippen LogP) is 1.96. The van der Waals surface area contributed by atoms with Crippen molar-refractivity contribution in [2.45, 2.75) is 13.2 Å². The summed E-state index contributed by atoms with van der Waals surface area (Å²) in [4.78, 5) is 15.9. The van der Waals surface area contributed by atoms with E-state index in [-0.39, 0.29) is 0 Å². The van der Waals surface area contributed by atoms with E-state index in [0.717, 1.165) is 5.56 Å². The van der Waals surface area contributed by atoms with Gasteiger partial charge in [0.25, 0.3) is 6.29 Å². The highest BCUT2D eigenvalue weighted by molar-refractivity contribution is 5.88. The Labute approximate surface area is 120 Å².